The van der Waals surface area contributed by atoms with Crippen LogP contribution in [-0.4, -0.2) is 21.9 Å². The Balaban J connectivity index is 1.70. The highest BCUT2D eigenvalue weighted by molar-refractivity contribution is 7.99. The summed E-state index contributed by atoms with van der Waals surface area (Å²) in [5.41, 5.74) is 2.21. The molecule has 0 bridgehead atoms. The first-order valence-corrected chi connectivity index (χ1v) is 9.94. The van der Waals surface area contributed by atoms with Crippen LogP contribution in [0.1, 0.15) is 23.5 Å². The van der Waals surface area contributed by atoms with E-state index in [0.717, 1.165) is 28.1 Å². The summed E-state index contributed by atoms with van der Waals surface area (Å²) >= 11 is 1.69. The van der Waals surface area contributed by atoms with Gasteiger partial charge >= 0.3 is 0 Å². The molecule has 28 heavy (non-hydrogen) atoms. The number of aromatic nitrogens is 3. The number of hydrogen-bond acceptors (Lipinski definition) is 5. The quantitative estimate of drug-likeness (QED) is 0.392. The third kappa shape index (κ3) is 3.97. The van der Waals surface area contributed by atoms with E-state index in [2.05, 4.69) is 46.0 Å². The summed E-state index contributed by atoms with van der Waals surface area (Å²) in [6.07, 6.45) is 1.68. The van der Waals surface area contributed by atoms with E-state index in [9.17, 15) is 0 Å². The highest BCUT2D eigenvalue weighted by atomic mass is 32.2. The summed E-state index contributed by atoms with van der Waals surface area (Å²) < 4.78 is 13.0. The number of benzene rings is 2. The summed E-state index contributed by atoms with van der Waals surface area (Å²) in [7, 11) is 1.66. The fourth-order valence-corrected chi connectivity index (χ4v) is 3.98. The summed E-state index contributed by atoms with van der Waals surface area (Å²) in [5.74, 6) is 2.44. The monoisotopic (exact) mass is 391 g/mol. The molecule has 0 N–H and O–H groups in total. The van der Waals surface area contributed by atoms with Crippen LogP contribution >= 0.6 is 11.8 Å². The first-order valence-electron chi connectivity index (χ1n) is 9.06. The molecule has 2 aromatic carbocycles. The molecule has 1 atom stereocenters. The SMILES string of the molecule is COc1cccc(-c2nnc(S[C@@H](C)c3ccccc3)n2Cc2ccco2)c1. The van der Waals surface area contributed by atoms with Crippen LogP contribution in [-0.2, 0) is 6.54 Å². The molecule has 0 unspecified atom stereocenters. The van der Waals surface area contributed by atoms with E-state index in [1.807, 2.05) is 42.5 Å². The zero-order valence-corrected chi connectivity index (χ0v) is 16.6. The smallest absolute Gasteiger partial charge is 0.192 e. The van der Waals surface area contributed by atoms with Crippen molar-refractivity contribution in [3.05, 3.63) is 84.3 Å². The van der Waals surface area contributed by atoms with Crippen LogP contribution in [0.25, 0.3) is 11.4 Å². The minimum Gasteiger partial charge on any atom is -0.497 e. The molecular weight excluding hydrogens is 370 g/mol. The molecule has 2 aromatic heterocycles. The van der Waals surface area contributed by atoms with Gasteiger partial charge in [0.05, 0.1) is 19.9 Å². The van der Waals surface area contributed by atoms with Crippen LogP contribution in [0, 0.1) is 0 Å². The number of hydrogen-bond donors (Lipinski definition) is 0. The predicted molar refractivity (Wildman–Crippen MR) is 111 cm³/mol. The van der Waals surface area contributed by atoms with Crippen LogP contribution in [0.5, 0.6) is 5.75 Å². The molecule has 142 valence electrons. The van der Waals surface area contributed by atoms with Crippen molar-refractivity contribution in [3.63, 3.8) is 0 Å². The summed E-state index contributed by atoms with van der Waals surface area (Å²) in [6.45, 7) is 2.74. The Morgan fingerprint density at radius 1 is 1.04 bits per heavy atom. The molecule has 2 heterocycles. The fraction of sp³-hybridized carbons (Fsp3) is 0.182. The van der Waals surface area contributed by atoms with Gasteiger partial charge < -0.3 is 9.15 Å². The fourth-order valence-electron chi connectivity index (χ4n) is 3.00. The molecule has 4 aromatic rings. The van der Waals surface area contributed by atoms with Crippen molar-refractivity contribution >= 4 is 11.8 Å². The lowest BCUT2D eigenvalue weighted by atomic mass is 10.2. The van der Waals surface area contributed by atoms with Gasteiger partial charge in [-0.25, -0.2) is 0 Å². The second-order valence-electron chi connectivity index (χ2n) is 6.37. The van der Waals surface area contributed by atoms with Crippen molar-refractivity contribution in [2.24, 2.45) is 0 Å². The lowest BCUT2D eigenvalue weighted by Gasteiger charge is -2.13. The molecule has 0 saturated carbocycles. The van der Waals surface area contributed by atoms with Crippen molar-refractivity contribution in [2.75, 3.05) is 7.11 Å². The van der Waals surface area contributed by atoms with Crippen molar-refractivity contribution in [1.82, 2.24) is 14.8 Å². The third-order valence-electron chi connectivity index (χ3n) is 4.49. The highest BCUT2D eigenvalue weighted by Crippen LogP contribution is 2.36. The minimum absolute atomic E-state index is 0.249. The molecule has 0 fully saturated rings. The largest absolute Gasteiger partial charge is 0.497 e. The number of nitrogens with zero attached hydrogens (tertiary/aromatic N) is 3. The number of methoxy groups -OCH3 is 1. The van der Waals surface area contributed by atoms with Gasteiger partial charge in [0.2, 0.25) is 0 Å². The second-order valence-corrected chi connectivity index (χ2v) is 7.68. The van der Waals surface area contributed by atoms with Crippen LogP contribution in [0.2, 0.25) is 0 Å². The number of thioether (sulfide) groups is 1. The van der Waals surface area contributed by atoms with Gasteiger partial charge in [0.25, 0.3) is 0 Å². The molecular formula is C22H21N3O2S. The van der Waals surface area contributed by atoms with E-state index < -0.39 is 0 Å². The Bertz CT molecular complexity index is 1030. The Kier molecular flexibility index (Phi) is 5.48. The van der Waals surface area contributed by atoms with Crippen LogP contribution < -0.4 is 4.74 Å². The summed E-state index contributed by atoms with van der Waals surface area (Å²) in [5, 5.41) is 10.1. The van der Waals surface area contributed by atoms with Crippen molar-refractivity contribution in [2.45, 2.75) is 23.9 Å². The number of ether oxygens (including phenoxy) is 1. The van der Waals surface area contributed by atoms with E-state index in [1.54, 1.807) is 25.1 Å². The van der Waals surface area contributed by atoms with Crippen LogP contribution in [0.15, 0.2) is 82.6 Å². The van der Waals surface area contributed by atoms with E-state index in [0.29, 0.717) is 6.54 Å². The molecule has 0 aliphatic carbocycles. The Morgan fingerprint density at radius 3 is 2.64 bits per heavy atom. The van der Waals surface area contributed by atoms with Gasteiger partial charge in [0.1, 0.15) is 11.5 Å². The maximum Gasteiger partial charge on any atom is 0.192 e. The van der Waals surface area contributed by atoms with E-state index >= 15 is 0 Å². The van der Waals surface area contributed by atoms with Gasteiger partial charge in [0.15, 0.2) is 11.0 Å². The van der Waals surface area contributed by atoms with Crippen molar-refractivity contribution in [3.8, 4) is 17.1 Å². The van der Waals surface area contributed by atoms with E-state index in [-0.39, 0.29) is 5.25 Å². The topological polar surface area (TPSA) is 53.1 Å². The third-order valence-corrected chi connectivity index (χ3v) is 5.63. The van der Waals surface area contributed by atoms with Gasteiger partial charge in [0, 0.05) is 10.8 Å². The number of rotatable bonds is 7. The highest BCUT2D eigenvalue weighted by Gasteiger charge is 2.19. The normalized spacial score (nSPS) is 12.1. The minimum atomic E-state index is 0.249. The van der Waals surface area contributed by atoms with Crippen molar-refractivity contribution < 1.29 is 9.15 Å². The average molecular weight is 391 g/mol. The number of furan rings is 1. The first-order chi connectivity index (χ1) is 13.7. The van der Waals surface area contributed by atoms with Crippen LogP contribution in [0.3, 0.4) is 0 Å². The molecule has 0 spiro atoms. The van der Waals surface area contributed by atoms with Gasteiger partial charge in [-0.3, -0.25) is 4.57 Å². The zero-order valence-electron chi connectivity index (χ0n) is 15.8. The average Bonchev–Trinajstić information content (AvgIpc) is 3.39. The Labute approximate surface area is 168 Å². The van der Waals surface area contributed by atoms with Gasteiger partial charge in [-0.05, 0) is 36.8 Å². The molecule has 4 rings (SSSR count). The molecule has 6 heteroatoms. The van der Waals surface area contributed by atoms with Crippen molar-refractivity contribution in [1.29, 1.82) is 0 Å². The molecule has 0 radical (unpaired) electrons. The maximum atomic E-state index is 5.58. The molecule has 0 aliphatic rings. The second kappa shape index (κ2) is 8.35. The van der Waals surface area contributed by atoms with Gasteiger partial charge in [-0.2, -0.15) is 0 Å². The zero-order chi connectivity index (χ0) is 19.3. The molecule has 0 saturated heterocycles. The lowest BCUT2D eigenvalue weighted by molar-refractivity contribution is 0.415. The van der Waals surface area contributed by atoms with Gasteiger partial charge in [-0.1, -0.05) is 54.2 Å². The van der Waals surface area contributed by atoms with E-state index in [1.165, 1.54) is 5.56 Å². The summed E-state index contributed by atoms with van der Waals surface area (Å²) in [6, 6.07) is 22.1. The molecule has 0 aliphatic heterocycles. The Morgan fingerprint density at radius 2 is 1.89 bits per heavy atom. The Hall–Kier alpha value is -2.99. The lowest BCUT2D eigenvalue weighted by Crippen LogP contribution is -2.04. The standard InChI is InChI=1S/C22H21N3O2S/c1-16(17-8-4-3-5-9-17)28-22-24-23-21(18-10-6-11-19(14-18)26-2)25(22)15-20-12-7-13-27-20/h3-14,16H,15H2,1-2H3/t16-/m0/s1. The molecule has 5 nitrogen and oxygen atoms in total. The van der Waals surface area contributed by atoms with Gasteiger partial charge in [-0.15, -0.1) is 10.2 Å². The molecule has 0 amide bonds. The first kappa shape index (κ1) is 18.4. The predicted octanol–water partition coefficient (Wildman–Crippen LogP) is 5.45. The maximum absolute atomic E-state index is 5.58. The summed E-state index contributed by atoms with van der Waals surface area (Å²) in [4.78, 5) is 0. The van der Waals surface area contributed by atoms with E-state index in [4.69, 9.17) is 9.15 Å². The van der Waals surface area contributed by atoms with Crippen LogP contribution in [0.4, 0.5) is 0 Å².